The lowest BCUT2D eigenvalue weighted by Gasteiger charge is -2.17. The highest BCUT2D eigenvalue weighted by atomic mass is 19.1. The Kier molecular flexibility index (Phi) is 6.45. The van der Waals surface area contributed by atoms with Crippen molar-refractivity contribution in [1.82, 2.24) is 9.55 Å². The lowest BCUT2D eigenvalue weighted by Crippen LogP contribution is -2.36. The minimum atomic E-state index is -1.41. The molecule has 3 N–H and O–H groups in total. The molecule has 0 saturated carbocycles. The van der Waals surface area contributed by atoms with Gasteiger partial charge in [0.25, 0.3) is 0 Å². The maximum atomic E-state index is 14.1. The number of ether oxygens (including phenoxy) is 2. The van der Waals surface area contributed by atoms with Gasteiger partial charge in [-0.1, -0.05) is 19.8 Å². The Morgan fingerprint density at radius 1 is 1.44 bits per heavy atom. The number of anilines is 1. The average molecular weight is 359 g/mol. The summed E-state index contributed by atoms with van der Waals surface area (Å²) >= 11 is 0. The second-order valence-electron chi connectivity index (χ2n) is 5.81. The van der Waals surface area contributed by atoms with E-state index in [9.17, 15) is 24.2 Å². The van der Waals surface area contributed by atoms with Crippen LogP contribution in [0, 0.1) is 5.82 Å². The van der Waals surface area contributed by atoms with Gasteiger partial charge < -0.3 is 19.7 Å². The number of amides is 1. The summed E-state index contributed by atoms with van der Waals surface area (Å²) < 4.78 is 24.9. The van der Waals surface area contributed by atoms with Crippen LogP contribution in [0.3, 0.4) is 0 Å². The summed E-state index contributed by atoms with van der Waals surface area (Å²) in [5.41, 5.74) is -0.951. The van der Waals surface area contributed by atoms with Gasteiger partial charge >= 0.3 is 11.8 Å². The molecule has 10 heteroatoms. The molecule has 9 nitrogen and oxygen atoms in total. The second kappa shape index (κ2) is 8.37. The number of nitrogens with zero attached hydrogens (tertiary/aromatic N) is 2. The van der Waals surface area contributed by atoms with Crippen LogP contribution in [0.4, 0.5) is 15.0 Å². The quantitative estimate of drug-likeness (QED) is 0.641. The molecule has 1 unspecified atom stereocenters. The number of hydrogen-bond donors (Lipinski definition) is 3. The van der Waals surface area contributed by atoms with E-state index in [-0.39, 0.29) is 6.61 Å². The smallest absolute Gasteiger partial charge is 0.412 e. The van der Waals surface area contributed by atoms with Crippen molar-refractivity contribution in [2.75, 3.05) is 11.9 Å². The van der Waals surface area contributed by atoms with Crippen LogP contribution < -0.4 is 11.0 Å². The molecule has 0 radical (unpaired) electrons. The lowest BCUT2D eigenvalue weighted by atomic mass is 10.1. The standard InChI is InChI=1S/C15H22FN3O6/c1-3-4-5-6-24-15(23)18-12-9(16)7-19(14(22)17-12)13-11(21)10(20)8(2)25-13/h7-8,10-11,13,20-21H,3-6H2,1-2H3,(H,17,18,22,23)/t8?,10-,11-,13-/m1/s1. The largest absolute Gasteiger partial charge is 0.449 e. The van der Waals surface area contributed by atoms with Crippen LogP contribution in [0.1, 0.15) is 39.3 Å². The Labute approximate surface area is 143 Å². The predicted octanol–water partition coefficient (Wildman–Crippen LogP) is 0.760. The van der Waals surface area contributed by atoms with Gasteiger partial charge in [-0.25, -0.2) is 14.0 Å². The predicted molar refractivity (Wildman–Crippen MR) is 84.5 cm³/mol. The van der Waals surface area contributed by atoms with Crippen molar-refractivity contribution in [3.05, 3.63) is 22.5 Å². The Balaban J connectivity index is 2.07. The number of carbonyl (C=O) groups is 1. The molecule has 0 spiro atoms. The molecule has 1 aliphatic rings. The minimum Gasteiger partial charge on any atom is -0.449 e. The molecular formula is C15H22FN3O6. The van der Waals surface area contributed by atoms with E-state index in [1.807, 2.05) is 6.92 Å². The van der Waals surface area contributed by atoms with Gasteiger partial charge in [0.05, 0.1) is 18.9 Å². The van der Waals surface area contributed by atoms with Gasteiger partial charge in [-0.3, -0.25) is 9.88 Å². The van der Waals surface area contributed by atoms with Gasteiger partial charge in [-0.05, 0) is 13.3 Å². The van der Waals surface area contributed by atoms with Gasteiger partial charge in [-0.15, -0.1) is 0 Å². The number of halogens is 1. The van der Waals surface area contributed by atoms with Crippen molar-refractivity contribution < 1.29 is 28.9 Å². The fourth-order valence-corrected chi connectivity index (χ4v) is 2.42. The van der Waals surface area contributed by atoms with Crippen molar-refractivity contribution in [3.8, 4) is 0 Å². The zero-order chi connectivity index (χ0) is 18.6. The van der Waals surface area contributed by atoms with Gasteiger partial charge in [0.15, 0.2) is 17.9 Å². The lowest BCUT2D eigenvalue weighted by molar-refractivity contribution is -0.0355. The molecule has 25 heavy (non-hydrogen) atoms. The van der Waals surface area contributed by atoms with Gasteiger partial charge in [0.2, 0.25) is 0 Å². The summed E-state index contributed by atoms with van der Waals surface area (Å²) in [6, 6.07) is 0. The zero-order valence-electron chi connectivity index (χ0n) is 14.0. The van der Waals surface area contributed by atoms with E-state index in [0.717, 1.165) is 23.6 Å². The van der Waals surface area contributed by atoms with Gasteiger partial charge in [0, 0.05) is 0 Å². The SMILES string of the molecule is CCCCCOC(=O)Nc1nc(=O)n([C@@H]2OC(C)[C@@H](O)[C@H]2O)cc1F. The molecule has 0 aliphatic carbocycles. The van der Waals surface area contributed by atoms with Crippen LogP contribution in [-0.4, -0.2) is 50.8 Å². The Hall–Kier alpha value is -2.04. The third-order valence-electron chi connectivity index (χ3n) is 3.86. The average Bonchev–Trinajstić information content (AvgIpc) is 2.82. The Bertz CT molecular complexity index is 667. The first-order valence-corrected chi connectivity index (χ1v) is 8.09. The molecule has 1 saturated heterocycles. The summed E-state index contributed by atoms with van der Waals surface area (Å²) in [7, 11) is 0. The molecule has 2 rings (SSSR count). The molecule has 0 aromatic carbocycles. The van der Waals surface area contributed by atoms with E-state index >= 15 is 0 Å². The van der Waals surface area contributed by atoms with Crippen LogP contribution >= 0.6 is 0 Å². The number of aromatic nitrogens is 2. The Morgan fingerprint density at radius 3 is 2.76 bits per heavy atom. The highest BCUT2D eigenvalue weighted by molar-refractivity contribution is 5.83. The fourth-order valence-electron chi connectivity index (χ4n) is 2.42. The normalized spacial score (nSPS) is 25.8. The fraction of sp³-hybridized carbons (Fsp3) is 0.667. The van der Waals surface area contributed by atoms with Crippen molar-refractivity contribution in [2.45, 2.75) is 57.6 Å². The number of carbonyl (C=O) groups excluding carboxylic acids is 1. The summed E-state index contributed by atoms with van der Waals surface area (Å²) in [6.07, 6.45) is -2.25. The summed E-state index contributed by atoms with van der Waals surface area (Å²) in [6.45, 7) is 3.68. The molecule has 140 valence electrons. The summed E-state index contributed by atoms with van der Waals surface area (Å²) in [5.74, 6) is -1.59. The van der Waals surface area contributed by atoms with Crippen LogP contribution in [-0.2, 0) is 9.47 Å². The molecule has 1 aliphatic heterocycles. The number of hydrogen-bond acceptors (Lipinski definition) is 7. The highest BCUT2D eigenvalue weighted by Gasteiger charge is 2.42. The number of aliphatic hydroxyl groups excluding tert-OH is 2. The van der Waals surface area contributed by atoms with Crippen LogP contribution in [0.5, 0.6) is 0 Å². The first-order valence-electron chi connectivity index (χ1n) is 8.09. The zero-order valence-corrected chi connectivity index (χ0v) is 14.0. The van der Waals surface area contributed by atoms with Gasteiger partial charge in [-0.2, -0.15) is 4.98 Å². The van der Waals surface area contributed by atoms with E-state index in [0.29, 0.717) is 6.42 Å². The number of aliphatic hydroxyl groups is 2. The van der Waals surface area contributed by atoms with Crippen molar-refractivity contribution in [3.63, 3.8) is 0 Å². The van der Waals surface area contributed by atoms with E-state index in [1.54, 1.807) is 0 Å². The Morgan fingerprint density at radius 2 is 2.16 bits per heavy atom. The minimum absolute atomic E-state index is 0.177. The maximum Gasteiger partial charge on any atom is 0.412 e. The van der Waals surface area contributed by atoms with Crippen LogP contribution in [0.15, 0.2) is 11.0 Å². The third-order valence-corrected chi connectivity index (χ3v) is 3.86. The first-order chi connectivity index (χ1) is 11.8. The monoisotopic (exact) mass is 359 g/mol. The van der Waals surface area contributed by atoms with Crippen molar-refractivity contribution in [2.24, 2.45) is 0 Å². The van der Waals surface area contributed by atoms with E-state index in [4.69, 9.17) is 9.47 Å². The molecule has 1 fully saturated rings. The van der Waals surface area contributed by atoms with E-state index in [2.05, 4.69) is 10.3 Å². The molecule has 1 amide bonds. The molecule has 1 aromatic rings. The number of rotatable bonds is 6. The highest BCUT2D eigenvalue weighted by Crippen LogP contribution is 2.28. The second-order valence-corrected chi connectivity index (χ2v) is 5.81. The van der Waals surface area contributed by atoms with E-state index in [1.165, 1.54) is 6.92 Å². The van der Waals surface area contributed by atoms with Crippen molar-refractivity contribution in [1.29, 1.82) is 0 Å². The molecule has 4 atom stereocenters. The van der Waals surface area contributed by atoms with Crippen LogP contribution in [0.25, 0.3) is 0 Å². The summed E-state index contributed by atoms with van der Waals surface area (Å²) in [5, 5.41) is 21.6. The first kappa shape index (κ1) is 19.3. The number of unbranched alkanes of at least 4 members (excludes halogenated alkanes) is 2. The number of nitrogens with one attached hydrogen (secondary N) is 1. The maximum absolute atomic E-state index is 14.1. The van der Waals surface area contributed by atoms with Gasteiger partial charge in [0.1, 0.15) is 12.2 Å². The third kappa shape index (κ3) is 4.53. The molecule has 0 bridgehead atoms. The topological polar surface area (TPSA) is 123 Å². The van der Waals surface area contributed by atoms with Crippen molar-refractivity contribution >= 4 is 11.9 Å². The summed E-state index contributed by atoms with van der Waals surface area (Å²) in [4.78, 5) is 27.0. The van der Waals surface area contributed by atoms with E-state index < -0.39 is 48.0 Å². The van der Waals surface area contributed by atoms with Crippen LogP contribution in [0.2, 0.25) is 0 Å². The molecular weight excluding hydrogens is 337 g/mol. The molecule has 1 aromatic heterocycles. The molecule has 2 heterocycles.